The van der Waals surface area contributed by atoms with Crippen molar-refractivity contribution in [2.45, 2.75) is 26.2 Å². The second-order valence-electron chi connectivity index (χ2n) is 5.46. The van der Waals surface area contributed by atoms with Crippen molar-refractivity contribution >= 4 is 35.6 Å². The Hall–Kier alpha value is -0.840. The van der Waals surface area contributed by atoms with Crippen molar-refractivity contribution in [1.29, 1.82) is 0 Å². The summed E-state index contributed by atoms with van der Waals surface area (Å²) in [5, 5.41) is 6.15. The maximum Gasteiger partial charge on any atom is 0.224 e. The normalized spacial score (nSPS) is 19.5. The van der Waals surface area contributed by atoms with Crippen molar-refractivity contribution in [3.8, 4) is 0 Å². The van der Waals surface area contributed by atoms with Crippen LogP contribution in [0.25, 0.3) is 0 Å². The summed E-state index contributed by atoms with van der Waals surface area (Å²) in [4.78, 5) is 12.0. The second kappa shape index (κ2) is 8.57. The zero-order valence-electron chi connectivity index (χ0n) is 12.0. The fraction of sp³-hybridized carbons (Fsp3) is 0.533. The molecule has 1 saturated heterocycles. The summed E-state index contributed by atoms with van der Waals surface area (Å²) in [5.74, 6) is 0.349. The number of hydrogen-bond acceptors (Lipinski definition) is 2. The van der Waals surface area contributed by atoms with Crippen molar-refractivity contribution in [3.63, 3.8) is 0 Å². The van der Waals surface area contributed by atoms with Gasteiger partial charge in [0.1, 0.15) is 5.82 Å². The van der Waals surface area contributed by atoms with Gasteiger partial charge in [0.15, 0.2) is 0 Å². The van der Waals surface area contributed by atoms with E-state index in [9.17, 15) is 9.18 Å². The molecule has 1 aromatic rings. The third-order valence-corrected chi connectivity index (χ3v) is 4.14. The lowest BCUT2D eigenvalue weighted by Gasteiger charge is -2.28. The largest absolute Gasteiger partial charge is 0.326 e. The Labute approximate surface area is 136 Å². The van der Waals surface area contributed by atoms with Gasteiger partial charge in [0.05, 0.1) is 5.02 Å². The quantitative estimate of drug-likeness (QED) is 0.877. The van der Waals surface area contributed by atoms with Crippen LogP contribution in [0, 0.1) is 17.7 Å². The number of halogens is 3. The molecular formula is C15H21Cl2FN2O. The van der Waals surface area contributed by atoms with E-state index in [4.69, 9.17) is 11.6 Å². The van der Waals surface area contributed by atoms with Crippen LogP contribution in [-0.2, 0) is 4.79 Å². The monoisotopic (exact) mass is 334 g/mol. The topological polar surface area (TPSA) is 41.1 Å². The molecule has 6 heteroatoms. The van der Waals surface area contributed by atoms with Crippen LogP contribution in [0.4, 0.5) is 10.1 Å². The molecule has 1 fully saturated rings. The van der Waals surface area contributed by atoms with E-state index in [1.54, 1.807) is 0 Å². The van der Waals surface area contributed by atoms with Crippen molar-refractivity contribution in [1.82, 2.24) is 5.32 Å². The zero-order valence-corrected chi connectivity index (χ0v) is 13.6. The minimum absolute atomic E-state index is 0. The second-order valence-corrected chi connectivity index (χ2v) is 5.87. The lowest BCUT2D eigenvalue weighted by atomic mass is 9.85. The summed E-state index contributed by atoms with van der Waals surface area (Å²) < 4.78 is 13.0. The molecule has 2 unspecified atom stereocenters. The molecule has 1 heterocycles. The first-order valence-electron chi connectivity index (χ1n) is 7.02. The van der Waals surface area contributed by atoms with Gasteiger partial charge in [-0.2, -0.15) is 0 Å². The number of rotatable bonds is 4. The van der Waals surface area contributed by atoms with Gasteiger partial charge in [-0.3, -0.25) is 4.79 Å². The van der Waals surface area contributed by atoms with Crippen molar-refractivity contribution in [3.05, 3.63) is 29.0 Å². The third kappa shape index (κ3) is 5.46. The number of piperidine rings is 1. The molecule has 21 heavy (non-hydrogen) atoms. The predicted molar refractivity (Wildman–Crippen MR) is 86.7 cm³/mol. The first kappa shape index (κ1) is 18.2. The van der Waals surface area contributed by atoms with Crippen LogP contribution >= 0.6 is 24.0 Å². The van der Waals surface area contributed by atoms with E-state index in [-0.39, 0.29) is 23.3 Å². The molecule has 1 aliphatic rings. The molecule has 2 N–H and O–H groups in total. The highest BCUT2D eigenvalue weighted by Crippen LogP contribution is 2.24. The van der Waals surface area contributed by atoms with Gasteiger partial charge in [-0.05, 0) is 56.0 Å². The predicted octanol–water partition coefficient (Wildman–Crippen LogP) is 3.87. The fourth-order valence-corrected chi connectivity index (χ4v) is 2.79. The van der Waals surface area contributed by atoms with Gasteiger partial charge in [-0.15, -0.1) is 12.4 Å². The van der Waals surface area contributed by atoms with Crippen LogP contribution in [0.15, 0.2) is 18.2 Å². The van der Waals surface area contributed by atoms with Gasteiger partial charge < -0.3 is 10.6 Å². The van der Waals surface area contributed by atoms with E-state index in [1.165, 1.54) is 31.0 Å². The highest BCUT2D eigenvalue weighted by Gasteiger charge is 2.22. The van der Waals surface area contributed by atoms with E-state index in [1.807, 2.05) is 0 Å². The van der Waals surface area contributed by atoms with Crippen molar-refractivity contribution in [2.24, 2.45) is 11.8 Å². The van der Waals surface area contributed by atoms with Crippen LogP contribution in [0.1, 0.15) is 26.2 Å². The summed E-state index contributed by atoms with van der Waals surface area (Å²) >= 11 is 5.69. The van der Waals surface area contributed by atoms with Crippen molar-refractivity contribution < 1.29 is 9.18 Å². The Morgan fingerprint density at radius 3 is 2.95 bits per heavy atom. The maximum absolute atomic E-state index is 13.0. The Balaban J connectivity index is 0.00000220. The molecule has 0 spiro atoms. The molecule has 0 radical (unpaired) electrons. The van der Waals surface area contributed by atoms with Gasteiger partial charge in [0.25, 0.3) is 0 Å². The number of hydrogen-bond donors (Lipinski definition) is 2. The van der Waals surface area contributed by atoms with Crippen LogP contribution in [0.3, 0.4) is 0 Å². The first-order valence-corrected chi connectivity index (χ1v) is 7.39. The molecule has 1 aliphatic heterocycles. The van der Waals surface area contributed by atoms with Crippen LogP contribution in [-0.4, -0.2) is 19.0 Å². The molecule has 1 amide bonds. The minimum Gasteiger partial charge on any atom is -0.326 e. The molecule has 118 valence electrons. The van der Waals surface area contributed by atoms with Gasteiger partial charge in [-0.1, -0.05) is 18.5 Å². The van der Waals surface area contributed by atoms with Crippen molar-refractivity contribution in [2.75, 3.05) is 18.4 Å². The number of carbonyl (C=O) groups is 1. The molecule has 0 aromatic heterocycles. The van der Waals surface area contributed by atoms with Gasteiger partial charge in [0.2, 0.25) is 5.91 Å². The fourth-order valence-electron chi connectivity index (χ4n) is 2.61. The number of benzene rings is 1. The lowest BCUT2D eigenvalue weighted by molar-refractivity contribution is -0.117. The van der Waals surface area contributed by atoms with E-state index >= 15 is 0 Å². The summed E-state index contributed by atoms with van der Waals surface area (Å²) in [6, 6.07) is 4.21. The molecule has 0 saturated carbocycles. The average molecular weight is 335 g/mol. The Kier molecular flexibility index (Phi) is 7.43. The number of anilines is 1. The number of nitrogens with one attached hydrogen (secondary N) is 2. The number of amides is 1. The maximum atomic E-state index is 13.0. The Morgan fingerprint density at radius 1 is 1.57 bits per heavy atom. The smallest absolute Gasteiger partial charge is 0.224 e. The summed E-state index contributed by atoms with van der Waals surface area (Å²) in [6.07, 6.45) is 2.81. The van der Waals surface area contributed by atoms with E-state index < -0.39 is 5.82 Å². The summed E-state index contributed by atoms with van der Waals surface area (Å²) in [7, 11) is 0. The summed E-state index contributed by atoms with van der Waals surface area (Å²) in [5.41, 5.74) is 0.537. The standard InChI is InChI=1S/C15H20ClFN2O.ClH/c1-10(11-3-2-6-18-9-11)7-15(20)19-12-4-5-14(17)13(16)8-12;/h4-5,8,10-11,18H,2-3,6-7,9H2,1H3,(H,19,20);1H. The summed E-state index contributed by atoms with van der Waals surface area (Å²) in [6.45, 7) is 4.16. The van der Waals surface area contributed by atoms with E-state index in [0.717, 1.165) is 13.1 Å². The first-order chi connectivity index (χ1) is 9.56. The van der Waals surface area contributed by atoms with Crippen LogP contribution in [0.2, 0.25) is 5.02 Å². The molecular weight excluding hydrogens is 314 g/mol. The van der Waals surface area contributed by atoms with Gasteiger partial charge >= 0.3 is 0 Å². The Bertz CT molecular complexity index is 479. The third-order valence-electron chi connectivity index (χ3n) is 3.85. The van der Waals surface area contributed by atoms with Gasteiger partial charge in [-0.25, -0.2) is 4.39 Å². The molecule has 3 nitrogen and oxygen atoms in total. The SMILES string of the molecule is CC(CC(=O)Nc1ccc(F)c(Cl)c1)C1CCCNC1.Cl. The lowest BCUT2D eigenvalue weighted by Crippen LogP contribution is -2.34. The highest BCUT2D eigenvalue weighted by molar-refractivity contribution is 6.31. The zero-order chi connectivity index (χ0) is 14.5. The van der Waals surface area contributed by atoms with E-state index in [0.29, 0.717) is 23.9 Å². The van der Waals surface area contributed by atoms with E-state index in [2.05, 4.69) is 17.6 Å². The van der Waals surface area contributed by atoms with Crippen LogP contribution in [0.5, 0.6) is 0 Å². The average Bonchev–Trinajstić information content (AvgIpc) is 2.44. The molecule has 2 rings (SSSR count). The highest BCUT2D eigenvalue weighted by atomic mass is 35.5. The minimum atomic E-state index is -0.480. The molecule has 0 bridgehead atoms. The molecule has 1 aromatic carbocycles. The molecule has 0 aliphatic carbocycles. The number of carbonyl (C=O) groups excluding carboxylic acids is 1. The van der Waals surface area contributed by atoms with Crippen LogP contribution < -0.4 is 10.6 Å². The Morgan fingerprint density at radius 2 is 2.33 bits per heavy atom. The molecule has 2 atom stereocenters. The van der Waals surface area contributed by atoms with Gasteiger partial charge in [0, 0.05) is 12.1 Å².